The van der Waals surface area contributed by atoms with E-state index in [0.29, 0.717) is 13.0 Å². The molecule has 0 aromatic rings. The molecule has 92 valence electrons. The van der Waals surface area contributed by atoms with E-state index in [1.807, 2.05) is 0 Å². The Kier molecular flexibility index (Phi) is 13.3. The number of aliphatic carboxylic acids is 1. The fourth-order valence-electron chi connectivity index (χ4n) is 1.04. The zero-order valence-corrected chi connectivity index (χ0v) is 9.54. The first-order valence-electron chi connectivity index (χ1n) is 4.85. The SMILES string of the molecule is Cl.NCCCC(=O)O.OCC1CCCO1. The lowest BCUT2D eigenvalue weighted by Crippen LogP contribution is -2.09. The Bertz CT molecular complexity index is 151. The summed E-state index contributed by atoms with van der Waals surface area (Å²) in [4.78, 5) is 9.70. The highest BCUT2D eigenvalue weighted by atomic mass is 35.5. The number of carbonyl (C=O) groups is 1. The number of carboxylic acids is 1. The molecule has 0 aromatic carbocycles. The molecule has 0 saturated carbocycles. The predicted molar refractivity (Wildman–Crippen MR) is 59.2 cm³/mol. The van der Waals surface area contributed by atoms with Gasteiger partial charge in [0.15, 0.2) is 0 Å². The van der Waals surface area contributed by atoms with Crippen LogP contribution in [0.2, 0.25) is 0 Å². The molecule has 1 saturated heterocycles. The van der Waals surface area contributed by atoms with Crippen LogP contribution in [0.15, 0.2) is 0 Å². The molecule has 6 heteroatoms. The fraction of sp³-hybridized carbons (Fsp3) is 0.889. The van der Waals surface area contributed by atoms with Crippen molar-refractivity contribution < 1.29 is 19.7 Å². The van der Waals surface area contributed by atoms with E-state index >= 15 is 0 Å². The fourth-order valence-corrected chi connectivity index (χ4v) is 1.04. The van der Waals surface area contributed by atoms with E-state index in [0.717, 1.165) is 19.4 Å². The molecule has 5 nitrogen and oxygen atoms in total. The summed E-state index contributed by atoms with van der Waals surface area (Å²) >= 11 is 0. The molecule has 0 radical (unpaired) electrons. The lowest BCUT2D eigenvalue weighted by molar-refractivity contribution is -0.137. The van der Waals surface area contributed by atoms with E-state index in [9.17, 15) is 4.79 Å². The molecule has 1 unspecified atom stereocenters. The van der Waals surface area contributed by atoms with Gasteiger partial charge in [0.25, 0.3) is 0 Å². The minimum absolute atomic E-state index is 0. The van der Waals surface area contributed by atoms with Crippen molar-refractivity contribution in [2.75, 3.05) is 19.8 Å². The highest BCUT2D eigenvalue weighted by Gasteiger charge is 2.12. The summed E-state index contributed by atoms with van der Waals surface area (Å²) < 4.78 is 5.05. The molecule has 1 fully saturated rings. The lowest BCUT2D eigenvalue weighted by Gasteiger charge is -2.00. The number of hydrogen-bond donors (Lipinski definition) is 3. The molecule has 0 aliphatic carbocycles. The summed E-state index contributed by atoms with van der Waals surface area (Å²) in [6, 6.07) is 0. The van der Waals surface area contributed by atoms with Crippen LogP contribution in [0, 0.1) is 0 Å². The smallest absolute Gasteiger partial charge is 0.303 e. The van der Waals surface area contributed by atoms with Crippen LogP contribution < -0.4 is 5.73 Å². The molecule has 1 aliphatic heterocycles. The molecule has 0 spiro atoms. The summed E-state index contributed by atoms with van der Waals surface area (Å²) in [7, 11) is 0. The third kappa shape index (κ3) is 11.6. The zero-order chi connectivity index (χ0) is 10.8. The van der Waals surface area contributed by atoms with Crippen LogP contribution in [0.4, 0.5) is 0 Å². The molecular weight excluding hydrogens is 222 g/mol. The second-order valence-electron chi connectivity index (χ2n) is 3.10. The van der Waals surface area contributed by atoms with E-state index in [-0.39, 0.29) is 31.5 Å². The van der Waals surface area contributed by atoms with Gasteiger partial charge in [-0.25, -0.2) is 0 Å². The zero-order valence-electron chi connectivity index (χ0n) is 8.72. The molecule has 0 amide bonds. The average Bonchev–Trinajstić information content (AvgIpc) is 2.68. The first kappa shape index (κ1) is 17.0. The van der Waals surface area contributed by atoms with Gasteiger partial charge >= 0.3 is 5.97 Å². The molecule has 1 rings (SSSR count). The van der Waals surface area contributed by atoms with Crippen LogP contribution in [0.3, 0.4) is 0 Å². The molecule has 1 atom stereocenters. The van der Waals surface area contributed by atoms with Crippen molar-refractivity contribution >= 4 is 18.4 Å². The van der Waals surface area contributed by atoms with Gasteiger partial charge in [-0.3, -0.25) is 4.79 Å². The Balaban J connectivity index is 0. The minimum Gasteiger partial charge on any atom is -0.481 e. The van der Waals surface area contributed by atoms with Gasteiger partial charge in [0, 0.05) is 13.0 Å². The number of hydrogen-bond acceptors (Lipinski definition) is 4. The van der Waals surface area contributed by atoms with Gasteiger partial charge < -0.3 is 20.7 Å². The number of rotatable bonds is 4. The Morgan fingerprint density at radius 2 is 2.20 bits per heavy atom. The van der Waals surface area contributed by atoms with E-state index in [1.54, 1.807) is 0 Å². The maximum absolute atomic E-state index is 9.70. The van der Waals surface area contributed by atoms with Crippen molar-refractivity contribution in [3.8, 4) is 0 Å². The van der Waals surface area contributed by atoms with Crippen molar-refractivity contribution in [2.45, 2.75) is 31.8 Å². The first-order valence-corrected chi connectivity index (χ1v) is 4.85. The van der Waals surface area contributed by atoms with Gasteiger partial charge in [0.2, 0.25) is 0 Å². The maximum Gasteiger partial charge on any atom is 0.303 e. The Morgan fingerprint density at radius 3 is 2.40 bits per heavy atom. The van der Waals surface area contributed by atoms with Crippen molar-refractivity contribution in [3.05, 3.63) is 0 Å². The van der Waals surface area contributed by atoms with E-state index < -0.39 is 5.97 Å². The standard InChI is InChI=1S/C5H10O2.C4H9NO2.ClH/c6-4-5-2-1-3-7-5;5-3-1-2-4(6)7;/h5-6H,1-4H2;1-3,5H2,(H,6,7);1H. The lowest BCUT2D eigenvalue weighted by atomic mass is 10.2. The Labute approximate surface area is 96.0 Å². The topological polar surface area (TPSA) is 92.8 Å². The number of nitrogens with two attached hydrogens (primary N) is 1. The van der Waals surface area contributed by atoms with Crippen molar-refractivity contribution in [2.24, 2.45) is 5.73 Å². The van der Waals surface area contributed by atoms with Crippen LogP contribution in [-0.4, -0.2) is 42.0 Å². The third-order valence-electron chi connectivity index (χ3n) is 1.82. The number of aliphatic hydroxyl groups excluding tert-OH is 1. The molecule has 0 aromatic heterocycles. The van der Waals surface area contributed by atoms with Gasteiger partial charge in [-0.05, 0) is 25.8 Å². The maximum atomic E-state index is 9.70. The number of aliphatic hydroxyl groups is 1. The van der Waals surface area contributed by atoms with Gasteiger partial charge in [-0.2, -0.15) is 0 Å². The summed E-state index contributed by atoms with van der Waals surface area (Å²) in [5.41, 5.74) is 5.01. The van der Waals surface area contributed by atoms with Crippen LogP contribution >= 0.6 is 12.4 Å². The summed E-state index contributed by atoms with van der Waals surface area (Å²) in [5, 5.41) is 16.4. The first-order chi connectivity index (χ1) is 6.70. The number of ether oxygens (including phenoxy) is 1. The second-order valence-corrected chi connectivity index (χ2v) is 3.10. The van der Waals surface area contributed by atoms with Crippen molar-refractivity contribution in [1.82, 2.24) is 0 Å². The molecule has 1 aliphatic rings. The Morgan fingerprint density at radius 1 is 1.53 bits per heavy atom. The normalized spacial score (nSPS) is 18.7. The van der Waals surface area contributed by atoms with Gasteiger partial charge in [-0.1, -0.05) is 0 Å². The molecule has 4 N–H and O–H groups in total. The molecular formula is C9H20ClNO4. The van der Waals surface area contributed by atoms with Gasteiger partial charge in [-0.15, -0.1) is 12.4 Å². The molecule has 15 heavy (non-hydrogen) atoms. The van der Waals surface area contributed by atoms with Crippen LogP contribution in [0.5, 0.6) is 0 Å². The largest absolute Gasteiger partial charge is 0.481 e. The minimum atomic E-state index is -0.773. The van der Waals surface area contributed by atoms with Crippen LogP contribution in [0.25, 0.3) is 0 Å². The summed E-state index contributed by atoms with van der Waals surface area (Å²) in [6.07, 6.45) is 3.08. The quantitative estimate of drug-likeness (QED) is 0.662. The van der Waals surface area contributed by atoms with Crippen molar-refractivity contribution in [3.63, 3.8) is 0 Å². The van der Waals surface area contributed by atoms with Crippen LogP contribution in [0.1, 0.15) is 25.7 Å². The monoisotopic (exact) mass is 241 g/mol. The Hall–Kier alpha value is -0.360. The molecule has 1 heterocycles. The highest BCUT2D eigenvalue weighted by molar-refractivity contribution is 5.85. The van der Waals surface area contributed by atoms with E-state index in [2.05, 4.69) is 0 Å². The molecule has 0 bridgehead atoms. The second kappa shape index (κ2) is 11.7. The van der Waals surface area contributed by atoms with E-state index in [4.69, 9.17) is 20.7 Å². The summed E-state index contributed by atoms with van der Waals surface area (Å²) in [5.74, 6) is -0.773. The van der Waals surface area contributed by atoms with Gasteiger partial charge in [0.1, 0.15) is 0 Å². The predicted octanol–water partition coefficient (Wildman–Crippen LogP) is 0.389. The average molecular weight is 242 g/mol. The van der Waals surface area contributed by atoms with Gasteiger partial charge in [0.05, 0.1) is 12.7 Å². The highest BCUT2D eigenvalue weighted by Crippen LogP contribution is 2.09. The van der Waals surface area contributed by atoms with Crippen LogP contribution in [-0.2, 0) is 9.53 Å². The number of carboxylic acid groups (broad SMARTS) is 1. The summed E-state index contributed by atoms with van der Waals surface area (Å²) in [6.45, 7) is 1.50. The van der Waals surface area contributed by atoms with E-state index in [1.165, 1.54) is 0 Å². The van der Waals surface area contributed by atoms with Crippen molar-refractivity contribution in [1.29, 1.82) is 0 Å². The number of halogens is 1. The third-order valence-corrected chi connectivity index (χ3v) is 1.82.